The van der Waals surface area contributed by atoms with Crippen LogP contribution in [0.25, 0.3) is 5.13 Å². The highest BCUT2D eigenvalue weighted by Crippen LogP contribution is 2.28. The molecule has 0 unspecified atom stereocenters. The second-order valence-corrected chi connectivity index (χ2v) is 8.70. The number of nitrogens with zero attached hydrogens (tertiary/aromatic N) is 3. The Morgan fingerprint density at radius 3 is 2.61 bits per heavy atom. The Morgan fingerprint density at radius 1 is 1.18 bits per heavy atom. The molecule has 0 saturated carbocycles. The van der Waals surface area contributed by atoms with Crippen molar-refractivity contribution in [3.05, 3.63) is 46.7 Å². The molecule has 2 heterocycles. The number of aryl methyl sites for hydroxylation is 2. The highest BCUT2D eigenvalue weighted by molar-refractivity contribution is 7.89. The van der Waals surface area contributed by atoms with Gasteiger partial charge >= 0.3 is 0 Å². The smallest absolute Gasteiger partial charge is 0.244 e. The molecule has 0 atom stereocenters. The van der Waals surface area contributed by atoms with E-state index in [4.69, 9.17) is 9.47 Å². The maximum Gasteiger partial charge on any atom is 0.244 e. The lowest BCUT2D eigenvalue weighted by Crippen LogP contribution is -2.26. The SMILES string of the molecule is COc1ccc(OC)c(S(=O)(=O)NCCc2csc(-n3nc(C)cc3C)n2)c1. The first-order chi connectivity index (χ1) is 13.3. The van der Waals surface area contributed by atoms with Crippen molar-refractivity contribution in [2.75, 3.05) is 20.8 Å². The average molecular weight is 423 g/mol. The van der Waals surface area contributed by atoms with E-state index in [1.54, 1.807) is 16.8 Å². The summed E-state index contributed by atoms with van der Waals surface area (Å²) in [4.78, 5) is 4.59. The quantitative estimate of drug-likeness (QED) is 0.599. The Balaban J connectivity index is 1.69. The second kappa shape index (κ2) is 8.29. The van der Waals surface area contributed by atoms with E-state index in [0.717, 1.165) is 22.2 Å². The van der Waals surface area contributed by atoms with Gasteiger partial charge in [0, 0.05) is 30.1 Å². The van der Waals surface area contributed by atoms with E-state index in [0.29, 0.717) is 12.2 Å². The van der Waals surface area contributed by atoms with Crippen LogP contribution >= 0.6 is 11.3 Å². The predicted octanol–water partition coefficient (Wildman–Crippen LogP) is 2.48. The minimum atomic E-state index is -3.75. The van der Waals surface area contributed by atoms with Crippen molar-refractivity contribution < 1.29 is 17.9 Å². The number of sulfonamides is 1. The van der Waals surface area contributed by atoms with Gasteiger partial charge in [0.15, 0.2) is 0 Å². The molecule has 0 fully saturated rings. The summed E-state index contributed by atoms with van der Waals surface area (Å²) in [6, 6.07) is 6.63. The van der Waals surface area contributed by atoms with Gasteiger partial charge in [-0.15, -0.1) is 11.3 Å². The minimum absolute atomic E-state index is 0.0379. The number of hydrogen-bond donors (Lipinski definition) is 1. The van der Waals surface area contributed by atoms with E-state index in [1.165, 1.54) is 31.6 Å². The Labute approximate surface area is 168 Å². The van der Waals surface area contributed by atoms with E-state index >= 15 is 0 Å². The molecule has 0 saturated heterocycles. The van der Waals surface area contributed by atoms with Crippen LogP contribution in [0.1, 0.15) is 17.1 Å². The zero-order valence-corrected chi connectivity index (χ0v) is 17.7. The monoisotopic (exact) mass is 422 g/mol. The highest BCUT2D eigenvalue weighted by Gasteiger charge is 2.20. The topological polar surface area (TPSA) is 95.3 Å². The van der Waals surface area contributed by atoms with Crippen LogP contribution in [0.4, 0.5) is 0 Å². The summed E-state index contributed by atoms with van der Waals surface area (Å²) in [5.41, 5.74) is 2.73. The van der Waals surface area contributed by atoms with Crippen molar-refractivity contribution in [3.63, 3.8) is 0 Å². The van der Waals surface area contributed by atoms with Crippen LogP contribution in [0.2, 0.25) is 0 Å². The van der Waals surface area contributed by atoms with Crippen LogP contribution in [0.15, 0.2) is 34.5 Å². The largest absolute Gasteiger partial charge is 0.497 e. The standard InChI is InChI=1S/C18H22N4O4S2/c1-12-9-13(2)22(21-12)18-20-14(11-27-18)7-8-19-28(23,24)17-10-15(25-3)5-6-16(17)26-4/h5-6,9-11,19H,7-8H2,1-4H3. The zero-order valence-electron chi connectivity index (χ0n) is 16.1. The summed E-state index contributed by atoms with van der Waals surface area (Å²) < 4.78 is 40.0. The van der Waals surface area contributed by atoms with Crippen molar-refractivity contribution in [1.29, 1.82) is 0 Å². The molecular formula is C18H22N4O4S2. The normalized spacial score (nSPS) is 11.6. The predicted molar refractivity (Wildman–Crippen MR) is 107 cm³/mol. The van der Waals surface area contributed by atoms with Gasteiger partial charge < -0.3 is 9.47 Å². The molecule has 0 radical (unpaired) electrons. The van der Waals surface area contributed by atoms with Crippen molar-refractivity contribution in [3.8, 4) is 16.6 Å². The number of ether oxygens (including phenoxy) is 2. The number of hydrogen-bond acceptors (Lipinski definition) is 7. The van der Waals surface area contributed by atoms with Crippen LogP contribution in [-0.4, -0.2) is 43.9 Å². The molecule has 0 amide bonds. The number of methoxy groups -OCH3 is 2. The minimum Gasteiger partial charge on any atom is -0.497 e. The van der Waals surface area contributed by atoms with Gasteiger partial charge in [-0.25, -0.2) is 22.8 Å². The van der Waals surface area contributed by atoms with Gasteiger partial charge in [-0.3, -0.25) is 0 Å². The summed E-state index contributed by atoms with van der Waals surface area (Å²) in [6.45, 7) is 4.11. The van der Waals surface area contributed by atoms with Crippen LogP contribution in [-0.2, 0) is 16.4 Å². The Kier molecular flexibility index (Phi) is 6.01. The number of nitrogens with one attached hydrogen (secondary N) is 1. The first kappa shape index (κ1) is 20.3. The molecule has 1 aromatic carbocycles. The first-order valence-electron chi connectivity index (χ1n) is 8.54. The third kappa shape index (κ3) is 4.34. The molecule has 2 aromatic heterocycles. The number of aromatic nitrogens is 3. The fourth-order valence-electron chi connectivity index (χ4n) is 2.72. The van der Waals surface area contributed by atoms with Gasteiger partial charge in [0.1, 0.15) is 16.4 Å². The van der Waals surface area contributed by atoms with Gasteiger partial charge in [-0.05, 0) is 32.0 Å². The van der Waals surface area contributed by atoms with Crippen LogP contribution in [0, 0.1) is 13.8 Å². The van der Waals surface area contributed by atoms with E-state index in [1.807, 2.05) is 25.3 Å². The summed E-state index contributed by atoms with van der Waals surface area (Å²) in [6.07, 6.45) is 0.460. The van der Waals surface area contributed by atoms with Crippen molar-refractivity contribution in [1.82, 2.24) is 19.5 Å². The lowest BCUT2D eigenvalue weighted by Gasteiger charge is -2.11. The first-order valence-corrected chi connectivity index (χ1v) is 10.9. The molecule has 0 aliphatic carbocycles. The maximum atomic E-state index is 12.7. The lowest BCUT2D eigenvalue weighted by molar-refractivity contribution is 0.392. The second-order valence-electron chi connectivity index (χ2n) is 6.12. The average Bonchev–Trinajstić information content (AvgIpc) is 3.26. The van der Waals surface area contributed by atoms with Gasteiger partial charge in [-0.2, -0.15) is 5.10 Å². The van der Waals surface area contributed by atoms with Crippen molar-refractivity contribution in [2.45, 2.75) is 25.2 Å². The summed E-state index contributed by atoms with van der Waals surface area (Å²) >= 11 is 1.47. The molecule has 0 bridgehead atoms. The molecule has 10 heteroatoms. The van der Waals surface area contributed by atoms with Crippen molar-refractivity contribution in [2.24, 2.45) is 0 Å². The fourth-order valence-corrected chi connectivity index (χ4v) is 4.80. The van der Waals surface area contributed by atoms with E-state index in [-0.39, 0.29) is 17.2 Å². The van der Waals surface area contributed by atoms with Crippen LogP contribution < -0.4 is 14.2 Å². The number of rotatable bonds is 8. The molecule has 1 N–H and O–H groups in total. The number of benzene rings is 1. The third-order valence-corrected chi connectivity index (χ3v) is 6.41. The summed E-state index contributed by atoms with van der Waals surface area (Å²) in [5.74, 6) is 0.698. The fraction of sp³-hybridized carbons (Fsp3) is 0.333. The van der Waals surface area contributed by atoms with Gasteiger partial charge in [-0.1, -0.05) is 0 Å². The van der Waals surface area contributed by atoms with E-state index in [2.05, 4.69) is 14.8 Å². The van der Waals surface area contributed by atoms with Crippen molar-refractivity contribution >= 4 is 21.4 Å². The molecule has 8 nitrogen and oxygen atoms in total. The molecule has 0 aliphatic heterocycles. The Hall–Kier alpha value is -2.43. The molecule has 0 spiro atoms. The third-order valence-electron chi connectivity index (χ3n) is 4.06. The Bertz CT molecular complexity index is 1070. The lowest BCUT2D eigenvalue weighted by atomic mass is 10.3. The van der Waals surface area contributed by atoms with E-state index in [9.17, 15) is 8.42 Å². The molecule has 28 heavy (non-hydrogen) atoms. The Morgan fingerprint density at radius 2 is 1.96 bits per heavy atom. The summed E-state index contributed by atoms with van der Waals surface area (Å²) in [5, 5.41) is 7.09. The molecule has 150 valence electrons. The molecule has 3 aromatic rings. The zero-order chi connectivity index (χ0) is 20.3. The summed E-state index contributed by atoms with van der Waals surface area (Å²) in [7, 11) is -0.844. The number of thiazole rings is 1. The van der Waals surface area contributed by atoms with Gasteiger partial charge in [0.05, 0.1) is 25.6 Å². The maximum absolute atomic E-state index is 12.7. The highest BCUT2D eigenvalue weighted by atomic mass is 32.2. The molecule has 3 rings (SSSR count). The van der Waals surface area contributed by atoms with Crippen LogP contribution in [0.5, 0.6) is 11.5 Å². The molecular weight excluding hydrogens is 400 g/mol. The van der Waals surface area contributed by atoms with Gasteiger partial charge in [0.25, 0.3) is 0 Å². The molecule has 0 aliphatic rings. The van der Waals surface area contributed by atoms with Crippen LogP contribution in [0.3, 0.4) is 0 Å². The van der Waals surface area contributed by atoms with E-state index < -0.39 is 10.0 Å². The van der Waals surface area contributed by atoms with Gasteiger partial charge in [0.2, 0.25) is 15.2 Å².